The SMILES string of the molecule is O=C(NCC#Cc1ccc(C(F)F)cc1)OCc1ccccc1. The second kappa shape index (κ2) is 8.54. The van der Waals surface area contributed by atoms with Crippen molar-refractivity contribution in [1.82, 2.24) is 5.32 Å². The van der Waals surface area contributed by atoms with Crippen molar-refractivity contribution >= 4 is 6.09 Å². The third kappa shape index (κ3) is 5.79. The van der Waals surface area contributed by atoms with Gasteiger partial charge in [0.2, 0.25) is 0 Å². The van der Waals surface area contributed by atoms with Crippen LogP contribution in [0.3, 0.4) is 0 Å². The molecular formula is C18H15F2NO2. The van der Waals surface area contributed by atoms with Crippen LogP contribution in [0.1, 0.15) is 23.1 Å². The van der Waals surface area contributed by atoms with Crippen LogP contribution < -0.4 is 5.32 Å². The van der Waals surface area contributed by atoms with Crippen molar-refractivity contribution in [3.8, 4) is 11.8 Å². The Morgan fingerprint density at radius 3 is 2.43 bits per heavy atom. The largest absolute Gasteiger partial charge is 0.445 e. The maximum absolute atomic E-state index is 12.4. The first-order chi connectivity index (χ1) is 11.1. The highest BCUT2D eigenvalue weighted by Gasteiger charge is 2.04. The Morgan fingerprint density at radius 1 is 1.09 bits per heavy atom. The molecule has 2 rings (SSSR count). The lowest BCUT2D eigenvalue weighted by molar-refractivity contribution is 0.141. The summed E-state index contributed by atoms with van der Waals surface area (Å²) < 4.78 is 29.8. The van der Waals surface area contributed by atoms with Gasteiger partial charge in [-0.1, -0.05) is 54.3 Å². The molecule has 5 heteroatoms. The van der Waals surface area contributed by atoms with Crippen molar-refractivity contribution in [1.29, 1.82) is 0 Å². The number of benzene rings is 2. The summed E-state index contributed by atoms with van der Waals surface area (Å²) in [6.45, 7) is 0.305. The molecule has 0 aromatic heterocycles. The molecule has 118 valence electrons. The summed E-state index contributed by atoms with van der Waals surface area (Å²) in [7, 11) is 0. The predicted octanol–water partition coefficient (Wildman–Crippen LogP) is 3.90. The number of hydrogen-bond acceptors (Lipinski definition) is 2. The number of amides is 1. The third-order valence-electron chi connectivity index (χ3n) is 2.93. The molecule has 0 aliphatic carbocycles. The van der Waals surface area contributed by atoms with E-state index in [4.69, 9.17) is 4.74 Å². The number of ether oxygens (including phenoxy) is 1. The van der Waals surface area contributed by atoms with Gasteiger partial charge >= 0.3 is 6.09 Å². The smallest absolute Gasteiger partial charge is 0.408 e. The van der Waals surface area contributed by atoms with E-state index in [1.807, 2.05) is 30.3 Å². The Morgan fingerprint density at radius 2 is 1.78 bits per heavy atom. The molecule has 23 heavy (non-hydrogen) atoms. The molecule has 3 nitrogen and oxygen atoms in total. The van der Waals surface area contributed by atoms with Gasteiger partial charge in [0.1, 0.15) is 6.61 Å². The fraction of sp³-hybridized carbons (Fsp3) is 0.167. The molecule has 0 aliphatic heterocycles. The molecule has 0 heterocycles. The second-order valence-corrected chi connectivity index (χ2v) is 4.64. The van der Waals surface area contributed by atoms with Gasteiger partial charge in [0.15, 0.2) is 0 Å². The lowest BCUT2D eigenvalue weighted by Crippen LogP contribution is -2.24. The summed E-state index contributed by atoms with van der Waals surface area (Å²) in [5.41, 5.74) is 1.46. The van der Waals surface area contributed by atoms with E-state index in [0.29, 0.717) is 5.56 Å². The van der Waals surface area contributed by atoms with Crippen LogP contribution in [0.4, 0.5) is 13.6 Å². The van der Waals surface area contributed by atoms with E-state index in [1.165, 1.54) is 24.3 Å². The molecule has 0 saturated carbocycles. The number of carbonyl (C=O) groups is 1. The van der Waals surface area contributed by atoms with Gasteiger partial charge in [0.05, 0.1) is 6.54 Å². The van der Waals surface area contributed by atoms with Gasteiger partial charge in [0.25, 0.3) is 6.43 Å². The highest BCUT2D eigenvalue weighted by molar-refractivity contribution is 5.67. The van der Waals surface area contributed by atoms with E-state index in [9.17, 15) is 13.6 Å². The zero-order valence-electron chi connectivity index (χ0n) is 12.3. The van der Waals surface area contributed by atoms with Crippen LogP contribution >= 0.6 is 0 Å². The van der Waals surface area contributed by atoms with Gasteiger partial charge in [-0.15, -0.1) is 0 Å². The monoisotopic (exact) mass is 315 g/mol. The summed E-state index contributed by atoms with van der Waals surface area (Å²) in [5, 5.41) is 2.50. The van der Waals surface area contributed by atoms with Gasteiger partial charge in [-0.3, -0.25) is 0 Å². The average molecular weight is 315 g/mol. The molecule has 1 amide bonds. The maximum atomic E-state index is 12.4. The molecule has 0 bridgehead atoms. The standard InChI is InChI=1S/C18H15F2NO2/c19-17(20)16-10-8-14(9-11-16)7-4-12-21-18(22)23-13-15-5-2-1-3-6-15/h1-3,5-6,8-11,17H,12-13H2,(H,21,22). The number of carbonyl (C=O) groups excluding carboxylic acids is 1. The molecule has 0 radical (unpaired) electrons. The van der Waals surface area contributed by atoms with Crippen LogP contribution in [0.2, 0.25) is 0 Å². The molecule has 0 fully saturated rings. The number of alkyl halides is 2. The van der Waals surface area contributed by atoms with E-state index in [2.05, 4.69) is 17.2 Å². The van der Waals surface area contributed by atoms with Crippen molar-refractivity contribution in [2.24, 2.45) is 0 Å². The highest BCUT2D eigenvalue weighted by atomic mass is 19.3. The fourth-order valence-corrected chi connectivity index (χ4v) is 1.75. The van der Waals surface area contributed by atoms with E-state index in [0.717, 1.165) is 5.56 Å². The van der Waals surface area contributed by atoms with Crippen LogP contribution in [-0.2, 0) is 11.3 Å². The van der Waals surface area contributed by atoms with E-state index in [-0.39, 0.29) is 18.7 Å². The zero-order chi connectivity index (χ0) is 16.5. The molecule has 0 spiro atoms. The van der Waals surface area contributed by atoms with Gasteiger partial charge in [-0.05, 0) is 17.7 Å². The van der Waals surface area contributed by atoms with Crippen molar-refractivity contribution in [2.75, 3.05) is 6.54 Å². The first-order valence-electron chi connectivity index (χ1n) is 6.96. The van der Waals surface area contributed by atoms with E-state index < -0.39 is 12.5 Å². The normalized spacial score (nSPS) is 9.87. The lowest BCUT2D eigenvalue weighted by atomic mass is 10.1. The zero-order valence-corrected chi connectivity index (χ0v) is 12.3. The molecule has 2 aromatic rings. The van der Waals surface area contributed by atoms with Crippen LogP contribution in [0.15, 0.2) is 54.6 Å². The number of alkyl carbamates (subject to hydrolysis) is 1. The number of halogens is 2. The van der Waals surface area contributed by atoms with Crippen molar-refractivity contribution < 1.29 is 18.3 Å². The Balaban J connectivity index is 1.73. The van der Waals surface area contributed by atoms with Crippen LogP contribution in [-0.4, -0.2) is 12.6 Å². The Labute approximate surface area is 133 Å². The van der Waals surface area contributed by atoms with Crippen LogP contribution in [0.5, 0.6) is 0 Å². The number of rotatable bonds is 4. The summed E-state index contributed by atoms with van der Waals surface area (Å²) in [5.74, 6) is 5.50. The van der Waals surface area contributed by atoms with E-state index >= 15 is 0 Å². The molecule has 1 N–H and O–H groups in total. The molecule has 0 unspecified atom stereocenters. The summed E-state index contributed by atoms with van der Waals surface area (Å²) >= 11 is 0. The highest BCUT2D eigenvalue weighted by Crippen LogP contribution is 2.18. The topological polar surface area (TPSA) is 38.3 Å². The van der Waals surface area contributed by atoms with Crippen molar-refractivity contribution in [2.45, 2.75) is 13.0 Å². The summed E-state index contributed by atoms with van der Waals surface area (Å²) in [6.07, 6.45) is -3.05. The molecule has 0 saturated heterocycles. The van der Waals surface area contributed by atoms with Crippen molar-refractivity contribution in [3.05, 3.63) is 71.3 Å². The summed E-state index contributed by atoms with van der Waals surface area (Å²) in [4.78, 5) is 11.5. The van der Waals surface area contributed by atoms with Crippen LogP contribution in [0.25, 0.3) is 0 Å². The number of nitrogens with one attached hydrogen (secondary N) is 1. The molecule has 0 aliphatic rings. The second-order valence-electron chi connectivity index (χ2n) is 4.64. The Kier molecular flexibility index (Phi) is 6.13. The van der Waals surface area contributed by atoms with Gasteiger partial charge < -0.3 is 10.1 Å². The van der Waals surface area contributed by atoms with Gasteiger partial charge in [-0.25, -0.2) is 13.6 Å². The fourth-order valence-electron chi connectivity index (χ4n) is 1.75. The maximum Gasteiger partial charge on any atom is 0.408 e. The minimum Gasteiger partial charge on any atom is -0.445 e. The molecule has 2 aromatic carbocycles. The summed E-state index contributed by atoms with van der Waals surface area (Å²) in [6, 6.07) is 15.0. The Bertz CT molecular complexity index is 688. The first-order valence-corrected chi connectivity index (χ1v) is 6.96. The quantitative estimate of drug-likeness (QED) is 0.869. The Hall–Kier alpha value is -2.87. The van der Waals surface area contributed by atoms with Gasteiger partial charge in [0, 0.05) is 11.1 Å². The van der Waals surface area contributed by atoms with Crippen LogP contribution in [0, 0.1) is 11.8 Å². The minimum atomic E-state index is -2.49. The van der Waals surface area contributed by atoms with Crippen molar-refractivity contribution in [3.63, 3.8) is 0 Å². The first kappa shape index (κ1) is 16.5. The average Bonchev–Trinajstić information content (AvgIpc) is 2.58. The predicted molar refractivity (Wildman–Crippen MR) is 82.9 cm³/mol. The van der Waals surface area contributed by atoms with E-state index in [1.54, 1.807) is 0 Å². The lowest BCUT2D eigenvalue weighted by Gasteiger charge is -2.04. The van der Waals surface area contributed by atoms with Gasteiger partial charge in [-0.2, -0.15) is 0 Å². The number of hydrogen-bond donors (Lipinski definition) is 1. The molecule has 0 atom stereocenters. The third-order valence-corrected chi connectivity index (χ3v) is 2.93. The molecular weight excluding hydrogens is 300 g/mol. The minimum absolute atomic E-state index is 0.0434.